The van der Waals surface area contributed by atoms with Gasteiger partial charge in [-0.2, -0.15) is 0 Å². The molecule has 2 aromatic rings. The minimum atomic E-state index is -0.845. The van der Waals surface area contributed by atoms with E-state index < -0.39 is 17.8 Å². The van der Waals surface area contributed by atoms with Gasteiger partial charge in [0.1, 0.15) is 5.75 Å². The fourth-order valence-corrected chi connectivity index (χ4v) is 6.64. The van der Waals surface area contributed by atoms with Crippen LogP contribution < -0.4 is 0 Å². The Balaban J connectivity index is 1.31. The molecule has 0 unspecified atom stereocenters. The van der Waals surface area contributed by atoms with E-state index in [-0.39, 0.29) is 42.6 Å². The number of carboxylic acids is 1. The normalized spacial score (nSPS) is 24.1. The highest BCUT2D eigenvalue weighted by Crippen LogP contribution is 2.50. The fourth-order valence-electron chi connectivity index (χ4n) is 6.64. The largest absolute Gasteiger partial charge is 0.508 e. The van der Waals surface area contributed by atoms with Gasteiger partial charge in [0.05, 0.1) is 31.2 Å². The molecule has 41 heavy (non-hydrogen) atoms. The second-order valence-corrected chi connectivity index (χ2v) is 11.2. The van der Waals surface area contributed by atoms with E-state index in [1.165, 1.54) is 4.90 Å². The Bertz CT molecular complexity index is 1330. The van der Waals surface area contributed by atoms with Crippen molar-refractivity contribution >= 4 is 29.4 Å². The highest BCUT2D eigenvalue weighted by molar-refractivity contribution is 6.06. The number of allylic oxidation sites excluding steroid dienone is 1. The van der Waals surface area contributed by atoms with Crippen molar-refractivity contribution in [3.05, 3.63) is 76.9 Å². The van der Waals surface area contributed by atoms with Crippen LogP contribution in [0.2, 0.25) is 0 Å². The number of carbonyl (C=O) groups is 3. The number of aliphatic carboxylic acids is 1. The summed E-state index contributed by atoms with van der Waals surface area (Å²) >= 11 is 0. The van der Waals surface area contributed by atoms with Crippen molar-refractivity contribution < 1.29 is 34.4 Å². The van der Waals surface area contributed by atoms with Crippen molar-refractivity contribution in [2.75, 3.05) is 19.8 Å². The van der Waals surface area contributed by atoms with Crippen molar-refractivity contribution in [3.8, 4) is 5.75 Å². The number of unbranched alkanes of at least 4 members (excludes halogenated alkanes) is 2. The quantitative estimate of drug-likeness (QED) is 0.149. The highest BCUT2D eigenvalue weighted by Gasteiger charge is 2.56. The molecule has 8 nitrogen and oxygen atoms in total. The van der Waals surface area contributed by atoms with E-state index >= 15 is 0 Å². The molecule has 5 rings (SSSR count). The average Bonchev–Trinajstić information content (AvgIpc) is 3.50. The van der Waals surface area contributed by atoms with Crippen LogP contribution in [0, 0.1) is 17.8 Å². The summed E-state index contributed by atoms with van der Waals surface area (Å²) in [7, 11) is 0. The number of aliphatic hydroxyl groups excluding tert-OH is 1. The van der Waals surface area contributed by atoms with Crippen molar-refractivity contribution in [1.29, 1.82) is 0 Å². The Hall–Kier alpha value is -3.75. The molecule has 2 saturated heterocycles. The molecule has 2 aliphatic heterocycles. The predicted molar refractivity (Wildman–Crippen MR) is 153 cm³/mol. The number of imide groups is 1. The maximum Gasteiger partial charge on any atom is 0.303 e. The van der Waals surface area contributed by atoms with Crippen molar-refractivity contribution in [2.45, 2.75) is 51.0 Å². The number of benzene rings is 2. The zero-order valence-electron chi connectivity index (χ0n) is 23.1. The van der Waals surface area contributed by atoms with Gasteiger partial charge in [0.15, 0.2) is 0 Å². The molecule has 2 amide bonds. The summed E-state index contributed by atoms with van der Waals surface area (Å²) in [5.74, 6) is -2.16. The molecule has 0 bridgehead atoms. The Kier molecular flexibility index (Phi) is 9.00. The summed E-state index contributed by atoms with van der Waals surface area (Å²) in [6.07, 6.45) is 5.41. The number of carbonyl (C=O) groups excluding carboxylic acids is 2. The van der Waals surface area contributed by atoms with Gasteiger partial charge in [-0.3, -0.25) is 19.3 Å². The van der Waals surface area contributed by atoms with E-state index in [0.29, 0.717) is 51.7 Å². The van der Waals surface area contributed by atoms with Crippen molar-refractivity contribution in [3.63, 3.8) is 0 Å². The zero-order chi connectivity index (χ0) is 28.9. The average molecular weight is 560 g/mol. The van der Waals surface area contributed by atoms with E-state index in [1.54, 1.807) is 12.1 Å². The Labute approximate surface area is 239 Å². The number of nitrogens with zero attached hydrogens (tertiary/aromatic N) is 1. The fraction of sp³-hybridized carbons (Fsp3) is 0.424. The van der Waals surface area contributed by atoms with Gasteiger partial charge in [0.2, 0.25) is 11.8 Å². The van der Waals surface area contributed by atoms with Crippen LogP contribution in [0.1, 0.15) is 56.1 Å². The lowest BCUT2D eigenvalue weighted by atomic mass is 9.69. The lowest BCUT2D eigenvalue weighted by molar-refractivity contribution is -0.141. The second-order valence-electron chi connectivity index (χ2n) is 11.2. The van der Waals surface area contributed by atoms with Crippen LogP contribution in [0.15, 0.2) is 65.7 Å². The smallest absolute Gasteiger partial charge is 0.303 e. The second kappa shape index (κ2) is 12.8. The molecule has 0 radical (unpaired) electrons. The molecule has 2 heterocycles. The van der Waals surface area contributed by atoms with Crippen LogP contribution in [0.4, 0.5) is 0 Å². The highest BCUT2D eigenvalue weighted by atomic mass is 16.5. The summed E-state index contributed by atoms with van der Waals surface area (Å²) < 4.78 is 6.28. The molecular formula is C33H37NO7. The number of carboxylic acid groups (broad SMARTS) is 1. The Morgan fingerprint density at radius 3 is 2.41 bits per heavy atom. The molecule has 2 aromatic carbocycles. The van der Waals surface area contributed by atoms with Crippen LogP contribution in [0.5, 0.6) is 5.75 Å². The molecule has 0 aromatic heterocycles. The molecular weight excluding hydrogens is 522 g/mol. The summed E-state index contributed by atoms with van der Waals surface area (Å²) in [5.41, 5.74) is 4.97. The Morgan fingerprint density at radius 1 is 0.951 bits per heavy atom. The van der Waals surface area contributed by atoms with Crippen LogP contribution in [-0.4, -0.2) is 63.9 Å². The zero-order valence-corrected chi connectivity index (χ0v) is 23.1. The van der Waals surface area contributed by atoms with Gasteiger partial charge in [-0.25, -0.2) is 0 Å². The number of hydrogen-bond acceptors (Lipinski definition) is 6. The summed E-state index contributed by atoms with van der Waals surface area (Å²) in [6, 6.07) is 17.2. The predicted octanol–water partition coefficient (Wildman–Crippen LogP) is 4.67. The van der Waals surface area contributed by atoms with E-state index in [4.69, 9.17) is 9.84 Å². The third-order valence-corrected chi connectivity index (χ3v) is 8.62. The number of likely N-dealkylation sites (tertiary alicyclic amines) is 1. The number of ether oxygens (including phenoxy) is 1. The lowest BCUT2D eigenvalue weighted by Crippen LogP contribution is -2.35. The Morgan fingerprint density at radius 2 is 1.71 bits per heavy atom. The molecule has 0 saturated carbocycles. The SMILES string of the molecule is O=C(O)CCCCCN1C(=O)[C@@H]2[C@@H](CC(CO)=C3[C@@H](CC/C(=C/c4ccc(O)cc4)c4ccccc4)OC[C@@H]32)C1=O. The summed E-state index contributed by atoms with van der Waals surface area (Å²) in [5, 5.41) is 28.8. The first-order valence-corrected chi connectivity index (χ1v) is 14.4. The van der Waals surface area contributed by atoms with E-state index in [2.05, 4.69) is 18.2 Å². The van der Waals surface area contributed by atoms with Gasteiger partial charge in [0.25, 0.3) is 0 Å². The van der Waals surface area contributed by atoms with Gasteiger partial charge in [-0.05, 0) is 72.1 Å². The van der Waals surface area contributed by atoms with Crippen molar-refractivity contribution in [2.24, 2.45) is 17.8 Å². The standard InChI is InChI=1S/C33H37NO7/c35-19-24-18-26-31(33(40)34(32(26)39)16-6-2-5-9-29(37)38)27-20-41-28(30(24)27)15-12-23(22-7-3-1-4-8-22)17-21-10-13-25(36)14-11-21/h1,3-4,7-8,10-11,13-14,17,26-28,31,35-36H,2,5-6,9,12,15-16,18-20H2,(H,37,38)/b23-17-/t26-,27+,28-,31-/m1/s1. The molecule has 4 atom stereocenters. The minimum Gasteiger partial charge on any atom is -0.508 e. The van der Waals surface area contributed by atoms with Gasteiger partial charge >= 0.3 is 5.97 Å². The molecule has 3 N–H and O–H groups in total. The number of aliphatic hydroxyl groups is 1. The van der Waals surface area contributed by atoms with Crippen LogP contribution in [-0.2, 0) is 19.1 Å². The number of phenolic OH excluding ortho intramolecular Hbond substituents is 1. The molecule has 3 aliphatic rings. The third kappa shape index (κ3) is 6.29. The van der Waals surface area contributed by atoms with Gasteiger partial charge in [-0.15, -0.1) is 0 Å². The molecule has 1 aliphatic carbocycles. The number of fused-ring (bicyclic) bond motifs is 3. The summed E-state index contributed by atoms with van der Waals surface area (Å²) in [4.78, 5) is 38.9. The van der Waals surface area contributed by atoms with Crippen molar-refractivity contribution in [1.82, 2.24) is 4.90 Å². The lowest BCUT2D eigenvalue weighted by Gasteiger charge is -2.31. The number of rotatable bonds is 12. The molecule has 2 fully saturated rings. The number of aromatic hydroxyl groups is 1. The first-order chi connectivity index (χ1) is 19.9. The molecule has 216 valence electrons. The number of hydrogen-bond donors (Lipinski definition) is 3. The third-order valence-electron chi connectivity index (χ3n) is 8.62. The minimum absolute atomic E-state index is 0.0806. The van der Waals surface area contributed by atoms with Gasteiger partial charge < -0.3 is 20.1 Å². The van der Waals surface area contributed by atoms with E-state index in [0.717, 1.165) is 27.8 Å². The summed E-state index contributed by atoms with van der Waals surface area (Å²) in [6.45, 7) is 0.479. The van der Waals surface area contributed by atoms with E-state index in [1.807, 2.05) is 30.3 Å². The van der Waals surface area contributed by atoms with Crippen LogP contribution >= 0.6 is 0 Å². The number of phenols is 1. The first-order valence-electron chi connectivity index (χ1n) is 14.4. The maximum absolute atomic E-state index is 13.5. The molecule has 8 heteroatoms. The topological polar surface area (TPSA) is 124 Å². The molecule has 0 spiro atoms. The maximum atomic E-state index is 13.5. The van der Waals surface area contributed by atoms with Gasteiger partial charge in [-0.1, -0.05) is 55.0 Å². The number of amides is 2. The van der Waals surface area contributed by atoms with Gasteiger partial charge in [0, 0.05) is 18.9 Å². The van der Waals surface area contributed by atoms with Crippen LogP contribution in [0.25, 0.3) is 11.6 Å². The monoisotopic (exact) mass is 559 g/mol. The van der Waals surface area contributed by atoms with E-state index in [9.17, 15) is 24.6 Å². The first kappa shape index (κ1) is 28.8. The van der Waals surface area contributed by atoms with Crippen LogP contribution in [0.3, 0.4) is 0 Å².